The summed E-state index contributed by atoms with van der Waals surface area (Å²) in [5.74, 6) is 0. The van der Waals surface area contributed by atoms with E-state index in [0.717, 1.165) is 37.8 Å². The van der Waals surface area contributed by atoms with Gasteiger partial charge in [0.2, 0.25) is 0 Å². The molecule has 2 N–H and O–H groups in total. The van der Waals surface area contributed by atoms with E-state index in [1.807, 2.05) is 18.2 Å². The SMILES string of the molecule is O=Cc1cccc(CC2(O)CCNCC2)c1. The minimum absolute atomic E-state index is 0.604. The molecule has 1 aliphatic heterocycles. The zero-order chi connectivity index (χ0) is 11.4. The Bertz CT molecular complexity index is 370. The van der Waals surface area contributed by atoms with Crippen LogP contribution in [0.5, 0.6) is 0 Å². The van der Waals surface area contributed by atoms with Crippen molar-refractivity contribution in [3.8, 4) is 0 Å². The lowest BCUT2D eigenvalue weighted by molar-refractivity contribution is 0.0108. The van der Waals surface area contributed by atoms with Gasteiger partial charge < -0.3 is 10.4 Å². The van der Waals surface area contributed by atoms with Crippen molar-refractivity contribution >= 4 is 6.29 Å². The third kappa shape index (κ3) is 2.68. The molecule has 2 rings (SSSR count). The van der Waals surface area contributed by atoms with E-state index in [0.29, 0.717) is 12.0 Å². The van der Waals surface area contributed by atoms with Gasteiger partial charge in [-0.25, -0.2) is 0 Å². The molecule has 1 heterocycles. The summed E-state index contributed by atoms with van der Waals surface area (Å²) in [6, 6.07) is 7.46. The molecule has 86 valence electrons. The van der Waals surface area contributed by atoms with Gasteiger partial charge in [-0.05, 0) is 37.6 Å². The second-order valence-corrected chi connectivity index (χ2v) is 4.51. The van der Waals surface area contributed by atoms with Crippen molar-refractivity contribution in [3.63, 3.8) is 0 Å². The first-order chi connectivity index (χ1) is 7.72. The van der Waals surface area contributed by atoms with E-state index in [-0.39, 0.29) is 0 Å². The van der Waals surface area contributed by atoms with Crippen LogP contribution in [0, 0.1) is 0 Å². The molecule has 0 spiro atoms. The van der Waals surface area contributed by atoms with Gasteiger partial charge in [0.1, 0.15) is 6.29 Å². The second-order valence-electron chi connectivity index (χ2n) is 4.51. The van der Waals surface area contributed by atoms with Crippen LogP contribution in [0.2, 0.25) is 0 Å². The molecule has 0 radical (unpaired) electrons. The van der Waals surface area contributed by atoms with E-state index in [1.165, 1.54) is 0 Å². The van der Waals surface area contributed by atoms with E-state index < -0.39 is 5.60 Å². The molecule has 1 saturated heterocycles. The Hall–Kier alpha value is -1.19. The van der Waals surface area contributed by atoms with Gasteiger partial charge >= 0.3 is 0 Å². The number of hydrogen-bond donors (Lipinski definition) is 2. The molecule has 0 bridgehead atoms. The van der Waals surface area contributed by atoms with Crippen LogP contribution >= 0.6 is 0 Å². The number of carbonyl (C=O) groups excluding carboxylic acids is 1. The van der Waals surface area contributed by atoms with Crippen LogP contribution in [0.4, 0.5) is 0 Å². The van der Waals surface area contributed by atoms with Crippen LogP contribution in [0.25, 0.3) is 0 Å². The van der Waals surface area contributed by atoms with Gasteiger partial charge in [0.25, 0.3) is 0 Å². The number of benzene rings is 1. The van der Waals surface area contributed by atoms with Gasteiger partial charge in [-0.3, -0.25) is 4.79 Å². The fraction of sp³-hybridized carbons (Fsp3) is 0.462. The predicted molar refractivity (Wildman–Crippen MR) is 62.6 cm³/mol. The highest BCUT2D eigenvalue weighted by molar-refractivity contribution is 5.74. The fourth-order valence-corrected chi connectivity index (χ4v) is 2.23. The summed E-state index contributed by atoms with van der Waals surface area (Å²) in [4.78, 5) is 10.7. The Morgan fingerprint density at radius 2 is 2.12 bits per heavy atom. The van der Waals surface area contributed by atoms with E-state index in [2.05, 4.69) is 5.32 Å². The summed E-state index contributed by atoms with van der Waals surface area (Å²) < 4.78 is 0. The fourth-order valence-electron chi connectivity index (χ4n) is 2.23. The molecule has 1 fully saturated rings. The minimum atomic E-state index is -0.604. The number of hydrogen-bond acceptors (Lipinski definition) is 3. The molecule has 1 aromatic carbocycles. The summed E-state index contributed by atoms with van der Waals surface area (Å²) >= 11 is 0. The first kappa shape index (κ1) is 11.3. The van der Waals surface area contributed by atoms with Crippen LogP contribution in [0.15, 0.2) is 24.3 Å². The molecule has 0 saturated carbocycles. The number of aliphatic hydroxyl groups is 1. The molecule has 3 nitrogen and oxygen atoms in total. The highest BCUT2D eigenvalue weighted by Gasteiger charge is 2.29. The van der Waals surface area contributed by atoms with Gasteiger partial charge in [0.05, 0.1) is 5.60 Å². The van der Waals surface area contributed by atoms with Gasteiger partial charge in [-0.1, -0.05) is 18.2 Å². The maximum absolute atomic E-state index is 10.7. The van der Waals surface area contributed by atoms with Crippen molar-refractivity contribution in [1.29, 1.82) is 0 Å². The summed E-state index contributed by atoms with van der Waals surface area (Å²) in [5.41, 5.74) is 1.11. The molecular formula is C13H17NO2. The first-order valence-electron chi connectivity index (χ1n) is 5.69. The Labute approximate surface area is 95.5 Å². The standard InChI is InChI=1S/C13H17NO2/c15-10-12-3-1-2-11(8-12)9-13(16)4-6-14-7-5-13/h1-3,8,10,14,16H,4-7,9H2. The van der Waals surface area contributed by atoms with Gasteiger partial charge in [-0.15, -0.1) is 0 Å². The number of nitrogens with one attached hydrogen (secondary N) is 1. The average Bonchev–Trinajstić information content (AvgIpc) is 2.29. The Morgan fingerprint density at radius 1 is 1.38 bits per heavy atom. The zero-order valence-electron chi connectivity index (χ0n) is 9.28. The Morgan fingerprint density at radius 3 is 2.81 bits per heavy atom. The number of carbonyl (C=O) groups is 1. The van der Waals surface area contributed by atoms with Crippen molar-refractivity contribution in [1.82, 2.24) is 5.32 Å². The van der Waals surface area contributed by atoms with Crippen LogP contribution in [-0.2, 0) is 6.42 Å². The number of piperidine rings is 1. The largest absolute Gasteiger partial charge is 0.389 e. The zero-order valence-corrected chi connectivity index (χ0v) is 9.28. The summed E-state index contributed by atoms with van der Waals surface area (Å²) in [6.45, 7) is 1.73. The molecule has 0 aromatic heterocycles. The minimum Gasteiger partial charge on any atom is -0.389 e. The van der Waals surface area contributed by atoms with E-state index in [9.17, 15) is 9.90 Å². The van der Waals surface area contributed by atoms with Crippen molar-refractivity contribution in [2.24, 2.45) is 0 Å². The van der Waals surface area contributed by atoms with Crippen molar-refractivity contribution in [2.45, 2.75) is 24.9 Å². The Balaban J connectivity index is 2.09. The highest BCUT2D eigenvalue weighted by atomic mass is 16.3. The van der Waals surface area contributed by atoms with Gasteiger partial charge in [-0.2, -0.15) is 0 Å². The topological polar surface area (TPSA) is 49.3 Å². The molecular weight excluding hydrogens is 202 g/mol. The van der Waals surface area contributed by atoms with Gasteiger partial charge in [0, 0.05) is 12.0 Å². The first-order valence-corrected chi connectivity index (χ1v) is 5.69. The van der Waals surface area contributed by atoms with Crippen LogP contribution in [-0.4, -0.2) is 30.1 Å². The molecule has 1 aromatic rings. The van der Waals surface area contributed by atoms with Crippen molar-refractivity contribution in [2.75, 3.05) is 13.1 Å². The van der Waals surface area contributed by atoms with Crippen LogP contribution < -0.4 is 5.32 Å². The molecule has 1 aliphatic rings. The maximum atomic E-state index is 10.7. The summed E-state index contributed by atoms with van der Waals surface area (Å²) in [7, 11) is 0. The predicted octanol–water partition coefficient (Wildman–Crippen LogP) is 1.16. The van der Waals surface area contributed by atoms with Crippen LogP contribution in [0.1, 0.15) is 28.8 Å². The van der Waals surface area contributed by atoms with Gasteiger partial charge in [0.15, 0.2) is 0 Å². The molecule has 0 unspecified atom stereocenters. The highest BCUT2D eigenvalue weighted by Crippen LogP contribution is 2.23. The molecule has 0 aliphatic carbocycles. The summed E-state index contributed by atoms with van der Waals surface area (Å²) in [5, 5.41) is 13.6. The van der Waals surface area contributed by atoms with Crippen molar-refractivity contribution < 1.29 is 9.90 Å². The van der Waals surface area contributed by atoms with E-state index in [4.69, 9.17) is 0 Å². The average molecular weight is 219 g/mol. The number of rotatable bonds is 3. The third-order valence-electron chi connectivity index (χ3n) is 3.15. The molecule has 3 heteroatoms. The third-order valence-corrected chi connectivity index (χ3v) is 3.15. The normalized spacial score (nSPS) is 19.3. The second kappa shape index (κ2) is 4.76. The lowest BCUT2D eigenvalue weighted by atomic mass is 9.86. The quantitative estimate of drug-likeness (QED) is 0.750. The summed E-state index contributed by atoms with van der Waals surface area (Å²) in [6.07, 6.45) is 3.03. The lowest BCUT2D eigenvalue weighted by Crippen LogP contribution is -2.43. The molecule has 0 atom stereocenters. The lowest BCUT2D eigenvalue weighted by Gasteiger charge is -2.32. The monoisotopic (exact) mass is 219 g/mol. The number of aldehydes is 1. The van der Waals surface area contributed by atoms with E-state index in [1.54, 1.807) is 6.07 Å². The van der Waals surface area contributed by atoms with Crippen LogP contribution in [0.3, 0.4) is 0 Å². The van der Waals surface area contributed by atoms with E-state index >= 15 is 0 Å². The smallest absolute Gasteiger partial charge is 0.150 e. The maximum Gasteiger partial charge on any atom is 0.150 e. The Kier molecular flexibility index (Phi) is 3.36. The van der Waals surface area contributed by atoms with Crippen molar-refractivity contribution in [3.05, 3.63) is 35.4 Å². The molecule has 16 heavy (non-hydrogen) atoms. The molecule has 0 amide bonds.